The second kappa shape index (κ2) is 9.43. The number of aliphatic hydroxyl groups is 4. The summed E-state index contributed by atoms with van der Waals surface area (Å²) in [5.74, 6) is 2.12. The van der Waals surface area contributed by atoms with Crippen LogP contribution < -0.4 is 0 Å². The first-order chi connectivity index (χ1) is 15.9. The molecule has 4 N–H and O–H groups in total. The van der Waals surface area contributed by atoms with Crippen molar-refractivity contribution in [3.05, 3.63) is 0 Å². The van der Waals surface area contributed by atoms with Crippen molar-refractivity contribution in [1.29, 1.82) is 0 Å². The van der Waals surface area contributed by atoms with Crippen LogP contribution in [0.15, 0.2) is 0 Å². The van der Waals surface area contributed by atoms with Crippen LogP contribution in [0.2, 0.25) is 0 Å². The average molecular weight is 479 g/mol. The van der Waals surface area contributed by atoms with Gasteiger partial charge in [0, 0.05) is 12.3 Å². The van der Waals surface area contributed by atoms with Gasteiger partial charge in [0.25, 0.3) is 0 Å². The summed E-state index contributed by atoms with van der Waals surface area (Å²) in [6.45, 7) is 13.1. The van der Waals surface area contributed by atoms with Gasteiger partial charge in [-0.2, -0.15) is 0 Å². The molecule has 0 heterocycles. The molecule has 196 valence electrons. The molecule has 4 rings (SSSR count). The third-order valence-electron chi connectivity index (χ3n) is 11.8. The van der Waals surface area contributed by atoms with Gasteiger partial charge in [-0.05, 0) is 90.8 Å². The normalized spacial score (nSPS) is 48.0. The van der Waals surface area contributed by atoms with Crippen LogP contribution in [0.3, 0.4) is 0 Å². The lowest BCUT2D eigenvalue weighted by atomic mass is 9.44. The van der Waals surface area contributed by atoms with Crippen molar-refractivity contribution in [3.8, 4) is 0 Å². The summed E-state index contributed by atoms with van der Waals surface area (Å²) in [6, 6.07) is 0. The highest BCUT2D eigenvalue weighted by Crippen LogP contribution is 2.67. The van der Waals surface area contributed by atoms with Crippen molar-refractivity contribution in [1.82, 2.24) is 0 Å². The summed E-state index contributed by atoms with van der Waals surface area (Å²) in [5.41, 5.74) is -0.165. The van der Waals surface area contributed by atoms with Crippen molar-refractivity contribution >= 4 is 5.78 Å². The van der Waals surface area contributed by atoms with E-state index in [-0.39, 0.29) is 34.4 Å². The molecule has 0 saturated heterocycles. The minimum Gasteiger partial charge on any atom is -0.390 e. The molecule has 0 radical (unpaired) electrons. The monoisotopic (exact) mass is 478 g/mol. The summed E-state index contributed by atoms with van der Waals surface area (Å²) in [5, 5.41) is 43.1. The van der Waals surface area contributed by atoms with Gasteiger partial charge in [-0.3, -0.25) is 4.79 Å². The lowest BCUT2D eigenvalue weighted by molar-refractivity contribution is -0.175. The van der Waals surface area contributed by atoms with Crippen LogP contribution in [0.4, 0.5) is 0 Å². The molecule has 4 saturated carbocycles. The Morgan fingerprint density at radius 3 is 2.21 bits per heavy atom. The number of aliphatic hydroxyl groups excluding tert-OH is 4. The van der Waals surface area contributed by atoms with Gasteiger partial charge in [0.15, 0.2) is 0 Å². The average Bonchev–Trinajstić information content (AvgIpc) is 3.12. The number of hydrogen-bond donors (Lipinski definition) is 4. The molecule has 0 aromatic heterocycles. The Morgan fingerprint density at radius 2 is 1.59 bits per heavy atom. The highest BCUT2D eigenvalue weighted by molar-refractivity contribution is 5.83. The lowest BCUT2D eigenvalue weighted by Gasteiger charge is -2.61. The van der Waals surface area contributed by atoms with Gasteiger partial charge in [0.05, 0.1) is 24.4 Å². The molecule has 5 nitrogen and oxygen atoms in total. The van der Waals surface area contributed by atoms with E-state index >= 15 is 0 Å². The number of rotatable bonds is 6. The molecule has 0 bridgehead atoms. The van der Waals surface area contributed by atoms with Gasteiger partial charge in [0.2, 0.25) is 0 Å². The van der Waals surface area contributed by atoms with E-state index in [2.05, 4.69) is 41.5 Å². The molecule has 34 heavy (non-hydrogen) atoms. The van der Waals surface area contributed by atoms with Crippen molar-refractivity contribution in [2.75, 3.05) is 0 Å². The summed E-state index contributed by atoms with van der Waals surface area (Å²) >= 11 is 0. The third-order valence-corrected chi connectivity index (χ3v) is 11.8. The van der Waals surface area contributed by atoms with Gasteiger partial charge >= 0.3 is 0 Å². The van der Waals surface area contributed by atoms with Crippen LogP contribution in [0.5, 0.6) is 0 Å². The Labute approximate surface area is 206 Å². The summed E-state index contributed by atoms with van der Waals surface area (Å²) in [4.78, 5) is 13.4. The van der Waals surface area contributed by atoms with E-state index in [1.54, 1.807) is 0 Å². The third kappa shape index (κ3) is 4.01. The molecule has 0 amide bonds. The number of fused-ring (bicyclic) bond motifs is 5. The van der Waals surface area contributed by atoms with Crippen molar-refractivity contribution in [3.63, 3.8) is 0 Å². The SMILES string of the molecule is CCC(C(C)C)C(O)C(O)[C@@H](C)[C@H]1CC[C@H]2[C@@H]3CC(=O)[C@H]4C[C@H](O)[C@H](O)C[C@]4(C)[C@H]3CC[C@]12C. The zero-order valence-electron chi connectivity index (χ0n) is 22.3. The van der Waals surface area contributed by atoms with Crippen molar-refractivity contribution in [2.24, 2.45) is 58.2 Å². The van der Waals surface area contributed by atoms with Gasteiger partial charge in [-0.25, -0.2) is 0 Å². The first-order valence-electron chi connectivity index (χ1n) is 14.1. The molecule has 0 aromatic carbocycles. The molecule has 5 heteroatoms. The van der Waals surface area contributed by atoms with Crippen LogP contribution in [0.25, 0.3) is 0 Å². The zero-order chi connectivity index (χ0) is 25.2. The molecule has 0 aliphatic heterocycles. The molecule has 13 atom stereocenters. The van der Waals surface area contributed by atoms with Gasteiger partial charge in [-0.15, -0.1) is 0 Å². The molecule has 3 unspecified atom stereocenters. The minimum absolute atomic E-state index is 0.0172. The number of ketones is 1. The van der Waals surface area contributed by atoms with Crippen LogP contribution in [-0.2, 0) is 4.79 Å². The fourth-order valence-electron chi connectivity index (χ4n) is 9.89. The van der Waals surface area contributed by atoms with Gasteiger partial charge in [0.1, 0.15) is 5.78 Å². The molecule has 0 spiro atoms. The largest absolute Gasteiger partial charge is 0.390 e. The highest BCUT2D eigenvalue weighted by Gasteiger charge is 2.63. The molecular formula is C29H50O5. The van der Waals surface area contributed by atoms with Crippen LogP contribution in [-0.4, -0.2) is 50.6 Å². The van der Waals surface area contributed by atoms with E-state index in [1.165, 1.54) is 0 Å². The second-order valence-electron chi connectivity index (χ2n) is 13.6. The quantitative estimate of drug-likeness (QED) is 0.459. The fourth-order valence-corrected chi connectivity index (χ4v) is 9.89. The van der Waals surface area contributed by atoms with E-state index < -0.39 is 24.4 Å². The molecule has 4 aliphatic rings. The van der Waals surface area contributed by atoms with E-state index in [4.69, 9.17) is 0 Å². The fraction of sp³-hybridized carbons (Fsp3) is 0.966. The standard InChI is InChI=1S/C29H50O5/c1-7-17(15(2)3)27(34)26(33)16(4)19-8-9-20-18-12-23(30)22-13-24(31)25(32)14-29(22,6)21(18)10-11-28(19,20)5/h15-22,24-27,31-34H,7-14H2,1-6H3/t16-,17?,18-,19+,20-,21-,22+,24-,25+,26?,27?,28+,29+/m0/s1. The predicted octanol–water partition coefficient (Wildman–Crippen LogP) is 4.20. The number of hydrogen-bond acceptors (Lipinski definition) is 5. The van der Waals surface area contributed by atoms with Crippen molar-refractivity contribution < 1.29 is 25.2 Å². The smallest absolute Gasteiger partial charge is 0.136 e. The minimum atomic E-state index is -0.783. The Balaban J connectivity index is 1.55. The van der Waals surface area contributed by atoms with Crippen LogP contribution in [0.1, 0.15) is 92.9 Å². The van der Waals surface area contributed by atoms with E-state index in [0.717, 1.165) is 32.1 Å². The summed E-state index contributed by atoms with van der Waals surface area (Å²) in [7, 11) is 0. The topological polar surface area (TPSA) is 98.0 Å². The Morgan fingerprint density at radius 1 is 0.941 bits per heavy atom. The molecular weight excluding hydrogens is 428 g/mol. The van der Waals surface area contributed by atoms with Crippen LogP contribution in [0, 0.1) is 58.2 Å². The maximum absolute atomic E-state index is 13.4. The molecule has 4 fully saturated rings. The maximum atomic E-state index is 13.4. The van der Waals surface area contributed by atoms with Crippen LogP contribution >= 0.6 is 0 Å². The van der Waals surface area contributed by atoms with E-state index in [9.17, 15) is 25.2 Å². The summed E-state index contributed by atoms with van der Waals surface area (Å²) < 4.78 is 0. The Kier molecular flexibility index (Phi) is 7.37. The lowest BCUT2D eigenvalue weighted by Crippen LogP contribution is -2.59. The second-order valence-corrected chi connectivity index (χ2v) is 13.6. The predicted molar refractivity (Wildman–Crippen MR) is 133 cm³/mol. The van der Waals surface area contributed by atoms with Gasteiger partial charge < -0.3 is 20.4 Å². The zero-order valence-corrected chi connectivity index (χ0v) is 22.3. The van der Waals surface area contributed by atoms with E-state index in [0.29, 0.717) is 48.9 Å². The molecule has 4 aliphatic carbocycles. The first kappa shape index (κ1) is 26.6. The number of carbonyl (C=O) groups excluding carboxylic acids is 1. The number of carbonyl (C=O) groups is 1. The Bertz CT molecular complexity index is 753. The Hall–Kier alpha value is -0.490. The highest BCUT2D eigenvalue weighted by atomic mass is 16.3. The van der Waals surface area contributed by atoms with E-state index in [1.807, 2.05) is 0 Å². The maximum Gasteiger partial charge on any atom is 0.136 e. The molecule has 0 aromatic rings. The first-order valence-corrected chi connectivity index (χ1v) is 14.1. The summed E-state index contributed by atoms with van der Waals surface area (Å²) in [6.07, 6.45) is 3.69. The number of Topliss-reactive ketones (excluding diaryl/α,β-unsaturated/α-hetero) is 1. The van der Waals surface area contributed by atoms with Crippen molar-refractivity contribution in [2.45, 2.75) is 117 Å². The van der Waals surface area contributed by atoms with Gasteiger partial charge in [-0.1, -0.05) is 48.0 Å².